The molecule has 4 rings (SSSR count). The van der Waals surface area contributed by atoms with Crippen molar-refractivity contribution in [3.05, 3.63) is 88.5 Å². The third kappa shape index (κ3) is 3.41. The van der Waals surface area contributed by atoms with Crippen LogP contribution in [0, 0.1) is 10.1 Å². The summed E-state index contributed by atoms with van der Waals surface area (Å²) in [6, 6.07) is 22.3. The highest BCUT2D eigenvalue weighted by atomic mass is 79.9. The molecule has 0 fully saturated rings. The fourth-order valence-corrected chi connectivity index (χ4v) is 3.32. The fraction of sp³-hybridized carbons (Fsp3) is 0.0500. The van der Waals surface area contributed by atoms with E-state index in [-0.39, 0.29) is 5.69 Å². The maximum Gasteiger partial charge on any atom is 0.269 e. The molecule has 0 spiro atoms. The molecule has 28 heavy (non-hydrogen) atoms. The molecule has 0 radical (unpaired) electrons. The minimum atomic E-state index is -0.434. The highest BCUT2D eigenvalue weighted by Gasteiger charge is 2.16. The number of non-ortho nitro benzene ring substituents is 1. The molecule has 8 heteroatoms. The van der Waals surface area contributed by atoms with Crippen molar-refractivity contribution in [3.8, 4) is 28.2 Å². The van der Waals surface area contributed by atoms with Crippen LogP contribution < -0.4 is 0 Å². The van der Waals surface area contributed by atoms with E-state index < -0.39 is 4.92 Å². The number of nitro benzene ring substituents is 1. The summed E-state index contributed by atoms with van der Waals surface area (Å²) >= 11 is 3.46. The van der Waals surface area contributed by atoms with Crippen LogP contribution in [0.4, 0.5) is 5.69 Å². The van der Waals surface area contributed by atoms with Gasteiger partial charge in [0, 0.05) is 23.0 Å². The largest absolute Gasteiger partial charge is 0.269 e. The highest BCUT2D eigenvalue weighted by Crippen LogP contribution is 2.32. The van der Waals surface area contributed by atoms with E-state index in [0.717, 1.165) is 22.0 Å². The van der Waals surface area contributed by atoms with Gasteiger partial charge in [0.15, 0.2) is 5.82 Å². The lowest BCUT2D eigenvalue weighted by Crippen LogP contribution is -2.01. The zero-order chi connectivity index (χ0) is 19.5. The van der Waals surface area contributed by atoms with E-state index in [2.05, 4.69) is 55.7 Å². The molecule has 1 aromatic heterocycles. The number of halogens is 1. The average molecular weight is 436 g/mol. The predicted octanol–water partition coefficient (Wildman–Crippen LogP) is 4.80. The Bertz CT molecular complexity index is 1120. The number of tetrazole rings is 1. The Hall–Kier alpha value is -3.39. The van der Waals surface area contributed by atoms with Crippen molar-refractivity contribution in [3.63, 3.8) is 0 Å². The van der Waals surface area contributed by atoms with Crippen LogP contribution in [0.15, 0.2) is 72.8 Å². The Morgan fingerprint density at radius 3 is 2.25 bits per heavy atom. The molecule has 0 bridgehead atoms. The Labute approximate surface area is 168 Å². The van der Waals surface area contributed by atoms with Gasteiger partial charge in [-0.25, -0.2) is 0 Å². The molecule has 0 amide bonds. The second-order valence-electron chi connectivity index (χ2n) is 6.06. The van der Waals surface area contributed by atoms with Crippen molar-refractivity contribution in [2.75, 3.05) is 0 Å². The standard InChI is InChI=1S/C20H14BrN5O2/c21-13-14-5-7-15(8-6-14)18-3-1-2-4-19(18)20-22-23-24-25(20)16-9-11-17(12-10-16)26(27)28/h1-12H,13H2. The van der Waals surface area contributed by atoms with Gasteiger partial charge in [0.05, 0.1) is 10.6 Å². The monoisotopic (exact) mass is 435 g/mol. The van der Waals surface area contributed by atoms with Gasteiger partial charge in [0.2, 0.25) is 0 Å². The van der Waals surface area contributed by atoms with Gasteiger partial charge in [-0.05, 0) is 39.2 Å². The average Bonchev–Trinajstić information content (AvgIpc) is 3.23. The second-order valence-corrected chi connectivity index (χ2v) is 6.62. The Morgan fingerprint density at radius 1 is 0.929 bits per heavy atom. The van der Waals surface area contributed by atoms with Crippen LogP contribution >= 0.6 is 15.9 Å². The number of benzene rings is 3. The number of hydrogen-bond acceptors (Lipinski definition) is 5. The zero-order valence-electron chi connectivity index (χ0n) is 14.6. The lowest BCUT2D eigenvalue weighted by atomic mass is 9.98. The van der Waals surface area contributed by atoms with Gasteiger partial charge in [0.1, 0.15) is 0 Å². The topological polar surface area (TPSA) is 86.7 Å². The Kier molecular flexibility index (Phi) is 4.94. The van der Waals surface area contributed by atoms with E-state index in [4.69, 9.17) is 0 Å². The van der Waals surface area contributed by atoms with Crippen LogP contribution in [0.25, 0.3) is 28.2 Å². The molecule has 0 saturated heterocycles. The summed E-state index contributed by atoms with van der Waals surface area (Å²) in [6.45, 7) is 0. The van der Waals surface area contributed by atoms with E-state index in [0.29, 0.717) is 11.5 Å². The number of nitrogens with zero attached hydrogens (tertiary/aromatic N) is 5. The van der Waals surface area contributed by atoms with Gasteiger partial charge in [-0.3, -0.25) is 10.1 Å². The summed E-state index contributed by atoms with van der Waals surface area (Å²) in [5.41, 5.74) is 4.79. The number of nitro groups is 1. The predicted molar refractivity (Wildman–Crippen MR) is 109 cm³/mol. The van der Waals surface area contributed by atoms with Gasteiger partial charge < -0.3 is 0 Å². The molecule has 0 atom stereocenters. The van der Waals surface area contributed by atoms with Gasteiger partial charge >= 0.3 is 0 Å². The van der Waals surface area contributed by atoms with E-state index in [9.17, 15) is 10.1 Å². The van der Waals surface area contributed by atoms with Crippen molar-refractivity contribution < 1.29 is 4.92 Å². The van der Waals surface area contributed by atoms with Gasteiger partial charge in [-0.15, -0.1) is 5.10 Å². The molecule has 0 unspecified atom stereocenters. The molecular formula is C20H14BrN5O2. The number of alkyl halides is 1. The maximum atomic E-state index is 10.9. The van der Waals surface area contributed by atoms with Crippen molar-refractivity contribution in [2.45, 2.75) is 5.33 Å². The smallest absolute Gasteiger partial charge is 0.258 e. The molecule has 7 nitrogen and oxygen atoms in total. The number of aromatic nitrogens is 4. The molecule has 138 valence electrons. The zero-order valence-corrected chi connectivity index (χ0v) is 16.2. The molecule has 4 aromatic rings. The highest BCUT2D eigenvalue weighted by molar-refractivity contribution is 9.08. The molecule has 3 aromatic carbocycles. The fourth-order valence-electron chi connectivity index (χ4n) is 2.95. The summed E-state index contributed by atoms with van der Waals surface area (Å²) in [5.74, 6) is 0.564. The molecule has 0 aliphatic heterocycles. The minimum absolute atomic E-state index is 0.0191. The maximum absolute atomic E-state index is 10.9. The van der Waals surface area contributed by atoms with Gasteiger partial charge in [-0.2, -0.15) is 4.68 Å². The Morgan fingerprint density at radius 2 is 1.61 bits per heavy atom. The third-order valence-corrected chi connectivity index (χ3v) is 5.01. The SMILES string of the molecule is O=[N+]([O-])c1ccc(-n2nnnc2-c2ccccc2-c2ccc(CBr)cc2)cc1. The number of hydrogen-bond donors (Lipinski definition) is 0. The van der Waals surface area contributed by atoms with Crippen LogP contribution in [0.3, 0.4) is 0 Å². The first kappa shape index (κ1) is 18.0. The van der Waals surface area contributed by atoms with E-state index in [1.807, 2.05) is 24.3 Å². The van der Waals surface area contributed by atoms with Crippen molar-refractivity contribution >= 4 is 21.6 Å². The molecule has 0 aliphatic rings. The van der Waals surface area contributed by atoms with Crippen LogP contribution in [0.1, 0.15) is 5.56 Å². The van der Waals surface area contributed by atoms with Crippen molar-refractivity contribution in [1.82, 2.24) is 20.2 Å². The van der Waals surface area contributed by atoms with Crippen LogP contribution in [0.2, 0.25) is 0 Å². The first-order chi connectivity index (χ1) is 13.7. The van der Waals surface area contributed by atoms with Crippen LogP contribution in [-0.2, 0) is 5.33 Å². The summed E-state index contributed by atoms with van der Waals surface area (Å²) in [5, 5.41) is 23.8. The second kappa shape index (κ2) is 7.69. The lowest BCUT2D eigenvalue weighted by Gasteiger charge is -2.10. The van der Waals surface area contributed by atoms with Gasteiger partial charge in [0.25, 0.3) is 5.69 Å². The first-order valence-corrected chi connectivity index (χ1v) is 9.57. The van der Waals surface area contributed by atoms with E-state index >= 15 is 0 Å². The summed E-state index contributed by atoms with van der Waals surface area (Å²) in [6.07, 6.45) is 0. The first-order valence-electron chi connectivity index (χ1n) is 8.45. The molecule has 1 heterocycles. The molecule has 0 saturated carbocycles. The number of rotatable bonds is 5. The van der Waals surface area contributed by atoms with Gasteiger partial charge in [-0.1, -0.05) is 64.5 Å². The van der Waals surface area contributed by atoms with Crippen LogP contribution in [-0.4, -0.2) is 25.1 Å². The summed E-state index contributed by atoms with van der Waals surface area (Å²) < 4.78 is 1.58. The van der Waals surface area contributed by atoms with Crippen molar-refractivity contribution in [2.24, 2.45) is 0 Å². The Balaban J connectivity index is 1.79. The minimum Gasteiger partial charge on any atom is -0.258 e. The van der Waals surface area contributed by atoms with Crippen molar-refractivity contribution in [1.29, 1.82) is 0 Å². The molecule has 0 aliphatic carbocycles. The van der Waals surface area contributed by atoms with E-state index in [1.165, 1.54) is 17.7 Å². The normalized spacial score (nSPS) is 10.8. The van der Waals surface area contributed by atoms with E-state index in [1.54, 1.807) is 16.8 Å². The lowest BCUT2D eigenvalue weighted by molar-refractivity contribution is -0.384. The van der Waals surface area contributed by atoms with Crippen LogP contribution in [0.5, 0.6) is 0 Å². The molecule has 0 N–H and O–H groups in total. The summed E-state index contributed by atoms with van der Waals surface area (Å²) in [7, 11) is 0. The third-order valence-electron chi connectivity index (χ3n) is 4.36. The quantitative estimate of drug-likeness (QED) is 0.255. The molecular weight excluding hydrogens is 422 g/mol. The summed E-state index contributed by atoms with van der Waals surface area (Å²) in [4.78, 5) is 10.5.